The lowest BCUT2D eigenvalue weighted by Crippen LogP contribution is -2.19. The summed E-state index contributed by atoms with van der Waals surface area (Å²) < 4.78 is 8.23. The topological polar surface area (TPSA) is 39.1 Å². The van der Waals surface area contributed by atoms with Crippen LogP contribution in [0.15, 0.2) is 36.4 Å². The first-order valence-corrected chi connectivity index (χ1v) is 9.20. The summed E-state index contributed by atoms with van der Waals surface area (Å²) in [5, 5.41) is 7.98. The maximum atomic E-state index is 6.11. The second-order valence-corrected chi connectivity index (χ2v) is 7.40. The largest absolute Gasteiger partial charge is 0.473 e. The summed E-state index contributed by atoms with van der Waals surface area (Å²) in [4.78, 5) is 0. The first-order chi connectivity index (χ1) is 11.8. The van der Waals surface area contributed by atoms with Crippen LogP contribution in [-0.2, 0) is 19.7 Å². The van der Waals surface area contributed by atoms with Crippen LogP contribution in [0.3, 0.4) is 0 Å². The van der Waals surface area contributed by atoms with E-state index in [9.17, 15) is 0 Å². The monoisotopic (exact) mass is 325 g/mol. The van der Waals surface area contributed by atoms with Crippen molar-refractivity contribution < 1.29 is 4.74 Å². The molecule has 3 atom stereocenters. The number of fused-ring (bicyclic) bond motifs is 2. The average Bonchev–Trinajstić information content (AvgIpc) is 3.31. The van der Waals surface area contributed by atoms with Crippen molar-refractivity contribution in [3.05, 3.63) is 47.7 Å². The fourth-order valence-electron chi connectivity index (χ4n) is 4.52. The number of nitrogens with zero attached hydrogens (tertiary/aromatic N) is 2. The molecule has 2 aliphatic carbocycles. The molecule has 2 fully saturated rings. The van der Waals surface area contributed by atoms with E-state index in [4.69, 9.17) is 9.84 Å². The molecule has 128 valence electrons. The van der Waals surface area contributed by atoms with E-state index in [1.807, 2.05) is 13.1 Å². The van der Waals surface area contributed by atoms with Crippen molar-refractivity contribution in [1.82, 2.24) is 15.1 Å². The van der Waals surface area contributed by atoms with Gasteiger partial charge >= 0.3 is 0 Å². The van der Waals surface area contributed by atoms with Crippen LogP contribution in [0.5, 0.6) is 5.88 Å². The van der Waals surface area contributed by atoms with Gasteiger partial charge in [0.25, 0.3) is 0 Å². The van der Waals surface area contributed by atoms with Crippen LogP contribution in [0.25, 0.3) is 0 Å². The molecule has 0 saturated heterocycles. The minimum absolute atomic E-state index is 0.599. The predicted molar refractivity (Wildman–Crippen MR) is 94.7 cm³/mol. The number of rotatable bonds is 7. The normalized spacial score (nSPS) is 25.3. The van der Waals surface area contributed by atoms with E-state index in [1.54, 1.807) is 0 Å². The Morgan fingerprint density at radius 1 is 1.21 bits per heavy atom. The average molecular weight is 325 g/mol. The zero-order chi connectivity index (χ0) is 16.4. The molecule has 1 aromatic carbocycles. The Morgan fingerprint density at radius 3 is 2.79 bits per heavy atom. The van der Waals surface area contributed by atoms with Crippen molar-refractivity contribution in [1.29, 1.82) is 0 Å². The molecule has 0 aliphatic heterocycles. The predicted octanol–water partition coefficient (Wildman–Crippen LogP) is 3.62. The smallest absolute Gasteiger partial charge is 0.212 e. The summed E-state index contributed by atoms with van der Waals surface area (Å²) in [7, 11) is 1.96. The molecule has 1 aromatic heterocycles. The van der Waals surface area contributed by atoms with Gasteiger partial charge in [0.15, 0.2) is 0 Å². The molecule has 3 unspecified atom stereocenters. The van der Waals surface area contributed by atoms with Gasteiger partial charge in [-0.3, -0.25) is 0 Å². The maximum absolute atomic E-state index is 6.11. The van der Waals surface area contributed by atoms with E-state index in [1.165, 1.54) is 31.2 Å². The minimum Gasteiger partial charge on any atom is -0.473 e. The van der Waals surface area contributed by atoms with Crippen molar-refractivity contribution in [2.24, 2.45) is 17.8 Å². The van der Waals surface area contributed by atoms with Crippen molar-refractivity contribution in [2.75, 3.05) is 7.05 Å². The van der Waals surface area contributed by atoms with Crippen LogP contribution in [-0.4, -0.2) is 16.8 Å². The van der Waals surface area contributed by atoms with Gasteiger partial charge in [-0.25, -0.2) is 4.68 Å². The number of benzene rings is 1. The minimum atomic E-state index is 0.599. The molecular formula is C20H27N3O. The van der Waals surface area contributed by atoms with E-state index in [0.717, 1.165) is 42.4 Å². The molecule has 0 spiro atoms. The van der Waals surface area contributed by atoms with Crippen LogP contribution in [0.2, 0.25) is 0 Å². The van der Waals surface area contributed by atoms with Crippen molar-refractivity contribution in [2.45, 2.75) is 45.4 Å². The van der Waals surface area contributed by atoms with Crippen LogP contribution in [0.1, 0.15) is 36.9 Å². The van der Waals surface area contributed by atoms with Gasteiger partial charge in [-0.15, -0.1) is 0 Å². The molecule has 0 radical (unpaired) electrons. The highest BCUT2D eigenvalue weighted by Crippen LogP contribution is 2.49. The Morgan fingerprint density at radius 2 is 2.08 bits per heavy atom. The lowest BCUT2D eigenvalue weighted by Gasteiger charge is -2.22. The summed E-state index contributed by atoms with van der Waals surface area (Å²) >= 11 is 0. The van der Waals surface area contributed by atoms with Crippen LogP contribution in [0, 0.1) is 17.8 Å². The highest BCUT2D eigenvalue weighted by Gasteiger charge is 2.39. The Bertz CT molecular complexity index is 667. The second kappa shape index (κ2) is 6.98. The van der Waals surface area contributed by atoms with Crippen molar-refractivity contribution >= 4 is 0 Å². The second-order valence-electron chi connectivity index (χ2n) is 7.40. The first kappa shape index (κ1) is 15.7. The fourth-order valence-corrected chi connectivity index (χ4v) is 4.52. The van der Waals surface area contributed by atoms with E-state index in [-0.39, 0.29) is 0 Å². The Balaban J connectivity index is 1.47. The quantitative estimate of drug-likeness (QED) is 0.845. The highest BCUT2D eigenvalue weighted by molar-refractivity contribution is 5.19. The summed E-state index contributed by atoms with van der Waals surface area (Å²) in [5.41, 5.74) is 2.25. The van der Waals surface area contributed by atoms with Crippen LogP contribution in [0.4, 0.5) is 0 Å². The third-order valence-electron chi connectivity index (χ3n) is 5.67. The van der Waals surface area contributed by atoms with Gasteiger partial charge in [-0.05, 0) is 49.6 Å². The number of hydrogen-bond acceptors (Lipinski definition) is 3. The van der Waals surface area contributed by atoms with Gasteiger partial charge in [0.2, 0.25) is 5.88 Å². The zero-order valence-electron chi connectivity index (χ0n) is 14.4. The molecular weight excluding hydrogens is 298 g/mol. The SMILES string of the molecule is CNCc1cc(OCc2ccccc2)n(CC2CC3CCC2C3)n1. The summed E-state index contributed by atoms with van der Waals surface area (Å²) in [6.45, 7) is 2.39. The van der Waals surface area contributed by atoms with Crippen molar-refractivity contribution in [3.63, 3.8) is 0 Å². The summed E-state index contributed by atoms with van der Waals surface area (Å²) in [6.07, 6.45) is 5.68. The Kier molecular flexibility index (Phi) is 4.56. The van der Waals surface area contributed by atoms with E-state index in [0.29, 0.717) is 6.61 Å². The lowest BCUT2D eigenvalue weighted by molar-refractivity contribution is 0.236. The number of nitrogens with one attached hydrogen (secondary N) is 1. The molecule has 4 nitrogen and oxygen atoms in total. The number of aromatic nitrogens is 2. The van der Waals surface area contributed by atoms with E-state index >= 15 is 0 Å². The number of ether oxygens (including phenoxy) is 1. The van der Waals surface area contributed by atoms with Gasteiger partial charge in [0, 0.05) is 19.2 Å². The standard InChI is InChI=1S/C20H27N3O/c1-21-12-19-11-20(24-14-15-5-3-2-4-6-15)23(22-19)13-18-10-16-7-8-17(18)9-16/h2-6,11,16-18,21H,7-10,12-14H2,1H3. The molecule has 1 N–H and O–H groups in total. The van der Waals surface area contributed by atoms with Gasteiger partial charge in [0.1, 0.15) is 6.61 Å². The van der Waals surface area contributed by atoms with Gasteiger partial charge in [-0.2, -0.15) is 5.10 Å². The maximum Gasteiger partial charge on any atom is 0.212 e. The Labute approximate surface area is 144 Å². The van der Waals surface area contributed by atoms with Gasteiger partial charge in [-0.1, -0.05) is 36.8 Å². The third-order valence-corrected chi connectivity index (χ3v) is 5.67. The molecule has 2 bridgehead atoms. The van der Waals surface area contributed by atoms with Crippen LogP contribution < -0.4 is 10.1 Å². The van der Waals surface area contributed by atoms with E-state index in [2.05, 4.69) is 40.3 Å². The highest BCUT2D eigenvalue weighted by atomic mass is 16.5. The molecule has 4 rings (SSSR count). The van der Waals surface area contributed by atoms with Gasteiger partial charge < -0.3 is 10.1 Å². The molecule has 1 heterocycles. The first-order valence-electron chi connectivity index (χ1n) is 9.20. The molecule has 2 aliphatic rings. The van der Waals surface area contributed by atoms with E-state index < -0.39 is 0 Å². The van der Waals surface area contributed by atoms with Crippen molar-refractivity contribution in [3.8, 4) is 5.88 Å². The Hall–Kier alpha value is -1.81. The summed E-state index contributed by atoms with van der Waals surface area (Å²) in [5.74, 6) is 3.58. The van der Waals surface area contributed by atoms with Gasteiger partial charge in [0.05, 0.1) is 5.69 Å². The lowest BCUT2D eigenvalue weighted by atomic mass is 9.89. The molecule has 4 heteroatoms. The molecule has 2 aromatic rings. The van der Waals surface area contributed by atoms with Crippen LogP contribution >= 0.6 is 0 Å². The third kappa shape index (κ3) is 3.34. The molecule has 0 amide bonds. The number of hydrogen-bond donors (Lipinski definition) is 1. The zero-order valence-corrected chi connectivity index (χ0v) is 14.4. The summed E-state index contributed by atoms with van der Waals surface area (Å²) in [6, 6.07) is 12.4. The fraction of sp³-hybridized carbons (Fsp3) is 0.550. The molecule has 2 saturated carbocycles. The molecule has 24 heavy (non-hydrogen) atoms.